The van der Waals surface area contributed by atoms with Crippen molar-refractivity contribution in [1.29, 1.82) is 0 Å². The lowest BCUT2D eigenvalue weighted by atomic mass is 9.93. The number of aliphatic hydroxyl groups is 1. The highest BCUT2D eigenvalue weighted by molar-refractivity contribution is 5.95. The van der Waals surface area contributed by atoms with Gasteiger partial charge in [-0.15, -0.1) is 0 Å². The Morgan fingerprint density at radius 2 is 1.58 bits per heavy atom. The first kappa shape index (κ1) is 29.2. The summed E-state index contributed by atoms with van der Waals surface area (Å²) in [7, 11) is 0. The van der Waals surface area contributed by atoms with Gasteiger partial charge in [-0.25, -0.2) is 4.79 Å². The van der Waals surface area contributed by atoms with E-state index in [-0.39, 0.29) is 48.5 Å². The summed E-state index contributed by atoms with van der Waals surface area (Å²) in [4.78, 5) is 30.1. The minimum absolute atomic E-state index is 0.0361. The minimum Gasteiger partial charge on any atom is -0.394 e. The number of hydrogen-bond donors (Lipinski definition) is 2. The molecule has 3 heterocycles. The number of rotatable bonds is 7. The van der Waals surface area contributed by atoms with E-state index in [1.54, 1.807) is 22.1 Å². The SMILES string of the molecule is O=C(N[C@H](CO)c1ccccc1)N1CCC(n2ncc(C(=O)N3CC[C@@H](c4ccccc4C(F)(F)F)C3)c2C2CC2)CC1. The second kappa shape index (κ2) is 12.0. The number of nitrogens with zero attached hydrogens (tertiary/aromatic N) is 4. The number of halogens is 3. The first-order chi connectivity index (χ1) is 20.7. The number of aliphatic hydroxyl groups excluding tert-OH is 1. The number of piperidine rings is 1. The molecule has 2 atom stereocenters. The van der Waals surface area contributed by atoms with Crippen LogP contribution in [0.15, 0.2) is 60.8 Å². The van der Waals surface area contributed by atoms with Gasteiger partial charge >= 0.3 is 12.2 Å². The molecule has 3 aliphatic rings. The molecule has 2 aromatic carbocycles. The van der Waals surface area contributed by atoms with E-state index in [0.717, 1.165) is 30.2 Å². The molecule has 0 bridgehead atoms. The zero-order chi connectivity index (χ0) is 30.1. The summed E-state index contributed by atoms with van der Waals surface area (Å²) in [6.07, 6.45) is 0.960. The molecule has 3 fully saturated rings. The smallest absolute Gasteiger partial charge is 0.394 e. The molecular formula is C32H36F3N5O3. The van der Waals surface area contributed by atoms with Crippen molar-refractivity contribution in [2.24, 2.45) is 0 Å². The average molecular weight is 596 g/mol. The number of benzene rings is 2. The lowest BCUT2D eigenvalue weighted by molar-refractivity contribution is -0.138. The van der Waals surface area contributed by atoms with Crippen LogP contribution in [0.1, 0.15) is 88.8 Å². The Balaban J connectivity index is 1.11. The number of amides is 3. The highest BCUT2D eigenvalue weighted by atomic mass is 19.4. The number of alkyl halides is 3. The first-order valence-electron chi connectivity index (χ1n) is 15.0. The number of carbonyl (C=O) groups is 2. The molecular weight excluding hydrogens is 559 g/mol. The molecule has 3 aromatic rings. The Morgan fingerprint density at radius 1 is 0.907 bits per heavy atom. The van der Waals surface area contributed by atoms with Crippen LogP contribution in [0.4, 0.5) is 18.0 Å². The first-order valence-corrected chi connectivity index (χ1v) is 15.0. The summed E-state index contributed by atoms with van der Waals surface area (Å²) in [5.74, 6) is -0.305. The molecule has 1 aromatic heterocycles. The summed E-state index contributed by atoms with van der Waals surface area (Å²) < 4.78 is 42.9. The largest absolute Gasteiger partial charge is 0.416 e. The Bertz CT molecular complexity index is 1450. The van der Waals surface area contributed by atoms with Gasteiger partial charge in [-0.2, -0.15) is 18.3 Å². The Kier molecular flexibility index (Phi) is 8.17. The summed E-state index contributed by atoms with van der Waals surface area (Å²) in [6.45, 7) is 1.47. The second-order valence-corrected chi connectivity index (χ2v) is 11.8. The molecule has 2 aliphatic heterocycles. The fraction of sp³-hybridized carbons (Fsp3) is 0.469. The second-order valence-electron chi connectivity index (χ2n) is 11.8. The molecule has 1 aliphatic carbocycles. The van der Waals surface area contributed by atoms with E-state index in [2.05, 4.69) is 10.4 Å². The zero-order valence-corrected chi connectivity index (χ0v) is 23.8. The van der Waals surface area contributed by atoms with Crippen molar-refractivity contribution >= 4 is 11.9 Å². The predicted octanol–water partition coefficient (Wildman–Crippen LogP) is 5.49. The van der Waals surface area contributed by atoms with Crippen LogP contribution in [0.3, 0.4) is 0 Å². The van der Waals surface area contributed by atoms with Gasteiger partial charge < -0.3 is 20.2 Å². The molecule has 2 saturated heterocycles. The van der Waals surface area contributed by atoms with E-state index in [0.29, 0.717) is 44.5 Å². The average Bonchev–Trinajstić information content (AvgIpc) is 3.56. The van der Waals surface area contributed by atoms with E-state index >= 15 is 0 Å². The molecule has 2 N–H and O–H groups in total. The van der Waals surface area contributed by atoms with Crippen LogP contribution < -0.4 is 5.32 Å². The van der Waals surface area contributed by atoms with Gasteiger partial charge in [0.25, 0.3) is 5.91 Å². The molecule has 8 nitrogen and oxygen atoms in total. The maximum Gasteiger partial charge on any atom is 0.416 e. The summed E-state index contributed by atoms with van der Waals surface area (Å²) >= 11 is 0. The number of carbonyl (C=O) groups excluding carboxylic acids is 2. The highest BCUT2D eigenvalue weighted by Gasteiger charge is 2.40. The van der Waals surface area contributed by atoms with Gasteiger partial charge in [0.15, 0.2) is 0 Å². The summed E-state index contributed by atoms with van der Waals surface area (Å²) in [6, 6.07) is 14.3. The zero-order valence-electron chi connectivity index (χ0n) is 23.8. The number of aromatic nitrogens is 2. The number of likely N-dealkylation sites (tertiary alicyclic amines) is 2. The molecule has 3 amide bonds. The molecule has 11 heteroatoms. The molecule has 43 heavy (non-hydrogen) atoms. The van der Waals surface area contributed by atoms with Crippen LogP contribution in [0.25, 0.3) is 0 Å². The van der Waals surface area contributed by atoms with Crippen LogP contribution in [0, 0.1) is 0 Å². The molecule has 228 valence electrons. The number of urea groups is 1. The van der Waals surface area contributed by atoms with E-state index in [4.69, 9.17) is 0 Å². The van der Waals surface area contributed by atoms with Gasteiger partial charge in [0.2, 0.25) is 0 Å². The van der Waals surface area contributed by atoms with Crippen molar-refractivity contribution in [3.8, 4) is 0 Å². The Labute approximate surface area is 248 Å². The highest BCUT2D eigenvalue weighted by Crippen LogP contribution is 2.44. The lowest BCUT2D eigenvalue weighted by Gasteiger charge is -2.34. The molecule has 0 radical (unpaired) electrons. The van der Waals surface area contributed by atoms with Crippen molar-refractivity contribution in [2.75, 3.05) is 32.8 Å². The van der Waals surface area contributed by atoms with Crippen molar-refractivity contribution in [1.82, 2.24) is 24.9 Å². The minimum atomic E-state index is -4.44. The van der Waals surface area contributed by atoms with Gasteiger partial charge in [0, 0.05) is 38.0 Å². The van der Waals surface area contributed by atoms with Crippen molar-refractivity contribution in [3.63, 3.8) is 0 Å². The third kappa shape index (κ3) is 6.13. The maximum absolute atomic E-state index is 13.7. The standard InChI is InChI=1S/C32H36F3N5O3/c33-32(34,35)27-9-5-4-8-25(27)23-12-15-39(19-23)30(42)26-18-36-40(29(26)22-10-11-22)24-13-16-38(17-14-24)31(43)37-28(20-41)21-6-2-1-3-7-21/h1-9,18,22-24,28,41H,10-17,19-20H2,(H,37,43)/t23-,28-/m1/s1. The van der Waals surface area contributed by atoms with Crippen LogP contribution in [0.5, 0.6) is 0 Å². The van der Waals surface area contributed by atoms with Gasteiger partial charge in [-0.3, -0.25) is 9.48 Å². The van der Waals surface area contributed by atoms with Crippen LogP contribution in [0.2, 0.25) is 0 Å². The predicted molar refractivity (Wildman–Crippen MR) is 154 cm³/mol. The quantitative estimate of drug-likeness (QED) is 0.378. The van der Waals surface area contributed by atoms with Crippen molar-refractivity contribution in [2.45, 2.75) is 62.2 Å². The fourth-order valence-electron chi connectivity index (χ4n) is 6.54. The Morgan fingerprint density at radius 3 is 2.26 bits per heavy atom. The van der Waals surface area contributed by atoms with Crippen LogP contribution >= 0.6 is 0 Å². The van der Waals surface area contributed by atoms with Crippen molar-refractivity contribution < 1.29 is 27.9 Å². The summed E-state index contributed by atoms with van der Waals surface area (Å²) in [5, 5.41) is 17.4. The third-order valence-corrected chi connectivity index (χ3v) is 8.99. The topological polar surface area (TPSA) is 90.7 Å². The van der Waals surface area contributed by atoms with Crippen LogP contribution in [-0.2, 0) is 6.18 Å². The third-order valence-electron chi connectivity index (χ3n) is 8.99. The van der Waals surface area contributed by atoms with E-state index in [1.807, 2.05) is 35.0 Å². The lowest BCUT2D eigenvalue weighted by Crippen LogP contribution is -2.46. The molecule has 6 rings (SSSR count). The summed E-state index contributed by atoms with van der Waals surface area (Å²) in [5.41, 5.74) is 1.91. The van der Waals surface area contributed by atoms with Gasteiger partial charge in [0.1, 0.15) is 0 Å². The van der Waals surface area contributed by atoms with Gasteiger partial charge in [-0.05, 0) is 49.3 Å². The number of hydrogen-bond acceptors (Lipinski definition) is 4. The monoisotopic (exact) mass is 595 g/mol. The fourth-order valence-corrected chi connectivity index (χ4v) is 6.54. The van der Waals surface area contributed by atoms with E-state index in [9.17, 15) is 27.9 Å². The molecule has 0 unspecified atom stereocenters. The van der Waals surface area contributed by atoms with E-state index < -0.39 is 17.8 Å². The van der Waals surface area contributed by atoms with Gasteiger partial charge in [0.05, 0.1) is 41.7 Å². The molecule has 1 saturated carbocycles. The molecule has 0 spiro atoms. The maximum atomic E-state index is 13.7. The number of nitrogens with one attached hydrogen (secondary N) is 1. The van der Waals surface area contributed by atoms with E-state index in [1.165, 1.54) is 12.1 Å². The van der Waals surface area contributed by atoms with Gasteiger partial charge in [-0.1, -0.05) is 48.5 Å². The Hall–Kier alpha value is -3.86. The normalized spacial score (nSPS) is 20.3. The van der Waals surface area contributed by atoms with Crippen molar-refractivity contribution in [3.05, 3.63) is 88.7 Å². The van der Waals surface area contributed by atoms with Crippen LogP contribution in [-0.4, -0.2) is 69.4 Å².